The molecule has 1 atom stereocenters. The fraction of sp³-hybridized carbons (Fsp3) is 0.375. The molecular weight excluding hydrogens is 417 g/mol. The summed E-state index contributed by atoms with van der Waals surface area (Å²) in [6.07, 6.45) is 2.32. The number of amides is 1. The molecule has 1 amide bonds. The summed E-state index contributed by atoms with van der Waals surface area (Å²) in [4.78, 5) is 20.8. The summed E-state index contributed by atoms with van der Waals surface area (Å²) in [5, 5.41) is 2.44. The number of halogens is 2. The Hall–Kier alpha value is -2.01. The van der Waals surface area contributed by atoms with E-state index in [0.717, 1.165) is 54.9 Å². The zero-order valence-electron chi connectivity index (χ0n) is 17.2. The first-order chi connectivity index (χ1) is 14.5. The van der Waals surface area contributed by atoms with Crippen LogP contribution in [0.5, 0.6) is 0 Å². The lowest BCUT2D eigenvalue weighted by molar-refractivity contribution is 0.0680. The molecule has 1 aromatic heterocycles. The van der Waals surface area contributed by atoms with E-state index >= 15 is 0 Å². The molecule has 4 nitrogen and oxygen atoms in total. The third-order valence-electron chi connectivity index (χ3n) is 5.88. The van der Waals surface area contributed by atoms with Crippen LogP contribution in [0.1, 0.15) is 35.8 Å². The van der Waals surface area contributed by atoms with E-state index in [1.807, 2.05) is 48.2 Å². The fourth-order valence-electron chi connectivity index (χ4n) is 4.34. The van der Waals surface area contributed by atoms with Gasteiger partial charge in [-0.2, -0.15) is 0 Å². The number of carbonyl (C=O) groups is 1. The highest BCUT2D eigenvalue weighted by molar-refractivity contribution is 6.31. The van der Waals surface area contributed by atoms with Gasteiger partial charge in [0.05, 0.1) is 0 Å². The van der Waals surface area contributed by atoms with Crippen molar-refractivity contribution in [1.82, 2.24) is 14.8 Å². The van der Waals surface area contributed by atoms with E-state index in [4.69, 9.17) is 23.2 Å². The number of benzene rings is 2. The van der Waals surface area contributed by atoms with Crippen LogP contribution in [0.2, 0.25) is 10.0 Å². The number of nitrogens with one attached hydrogen (secondary N) is 1. The number of aromatic nitrogens is 1. The van der Waals surface area contributed by atoms with Crippen molar-refractivity contribution in [1.29, 1.82) is 0 Å². The fourth-order valence-corrected chi connectivity index (χ4v) is 4.64. The van der Waals surface area contributed by atoms with E-state index in [9.17, 15) is 4.79 Å². The van der Waals surface area contributed by atoms with Gasteiger partial charge in [0.1, 0.15) is 5.69 Å². The number of aromatic amines is 1. The van der Waals surface area contributed by atoms with Crippen LogP contribution in [0, 0.1) is 5.92 Å². The molecule has 2 aromatic carbocycles. The second-order valence-corrected chi connectivity index (χ2v) is 9.00. The standard InChI is InChI=1S/C24H27Cl2N3O/c1-2-29(24(30)23-12-19-7-10-21(26)13-22(19)27-23)16-18-4-3-11-28(15-18)14-17-5-8-20(25)9-6-17/h5-10,12-13,18,27H,2-4,11,14-16H2,1H3. The SMILES string of the molecule is CCN(CC1CCCN(Cc2ccc(Cl)cc2)C1)C(=O)c1cc2ccc(Cl)cc2[nH]1. The van der Waals surface area contributed by atoms with Gasteiger partial charge in [0.2, 0.25) is 0 Å². The van der Waals surface area contributed by atoms with Gasteiger partial charge in [-0.15, -0.1) is 0 Å². The Labute approximate surface area is 187 Å². The summed E-state index contributed by atoms with van der Waals surface area (Å²) in [7, 11) is 0. The molecule has 0 radical (unpaired) electrons. The largest absolute Gasteiger partial charge is 0.350 e. The molecule has 1 saturated heterocycles. The Morgan fingerprint density at radius 2 is 1.90 bits per heavy atom. The summed E-state index contributed by atoms with van der Waals surface area (Å²) in [6.45, 7) is 6.56. The zero-order valence-corrected chi connectivity index (χ0v) is 18.7. The van der Waals surface area contributed by atoms with Crippen molar-refractivity contribution >= 4 is 40.0 Å². The Bertz CT molecular complexity index is 1010. The van der Waals surface area contributed by atoms with Crippen molar-refractivity contribution in [3.63, 3.8) is 0 Å². The third-order valence-corrected chi connectivity index (χ3v) is 6.37. The van der Waals surface area contributed by atoms with Gasteiger partial charge in [0.25, 0.3) is 5.91 Å². The number of hydrogen-bond acceptors (Lipinski definition) is 2. The molecule has 1 unspecified atom stereocenters. The lowest BCUT2D eigenvalue weighted by Crippen LogP contribution is -2.42. The average molecular weight is 444 g/mol. The smallest absolute Gasteiger partial charge is 0.270 e. The average Bonchev–Trinajstić information content (AvgIpc) is 3.17. The van der Waals surface area contributed by atoms with Crippen LogP contribution in [0.4, 0.5) is 0 Å². The summed E-state index contributed by atoms with van der Waals surface area (Å²) < 4.78 is 0. The maximum absolute atomic E-state index is 13.1. The first-order valence-electron chi connectivity index (χ1n) is 10.6. The molecule has 1 aliphatic rings. The highest BCUT2D eigenvalue weighted by Crippen LogP contribution is 2.23. The second-order valence-electron chi connectivity index (χ2n) is 8.13. The van der Waals surface area contributed by atoms with Crippen molar-refractivity contribution in [3.8, 4) is 0 Å². The van der Waals surface area contributed by atoms with Gasteiger partial charge in [-0.25, -0.2) is 0 Å². The number of nitrogens with zero attached hydrogens (tertiary/aromatic N) is 2. The maximum Gasteiger partial charge on any atom is 0.270 e. The number of hydrogen-bond donors (Lipinski definition) is 1. The molecule has 4 rings (SSSR count). The first-order valence-corrected chi connectivity index (χ1v) is 11.3. The van der Waals surface area contributed by atoms with Gasteiger partial charge in [-0.1, -0.05) is 41.4 Å². The summed E-state index contributed by atoms with van der Waals surface area (Å²) in [5.41, 5.74) is 2.80. The van der Waals surface area contributed by atoms with E-state index < -0.39 is 0 Å². The maximum atomic E-state index is 13.1. The molecule has 0 spiro atoms. The Balaban J connectivity index is 1.40. The molecule has 6 heteroatoms. The number of piperidine rings is 1. The number of carbonyl (C=O) groups excluding carboxylic acids is 1. The van der Waals surface area contributed by atoms with Gasteiger partial charge >= 0.3 is 0 Å². The molecule has 1 fully saturated rings. The van der Waals surface area contributed by atoms with Crippen LogP contribution in [-0.2, 0) is 6.54 Å². The monoisotopic (exact) mass is 443 g/mol. The normalized spacial score (nSPS) is 17.4. The summed E-state index contributed by atoms with van der Waals surface area (Å²) >= 11 is 12.1. The van der Waals surface area contributed by atoms with Crippen LogP contribution in [-0.4, -0.2) is 46.9 Å². The van der Waals surface area contributed by atoms with Gasteiger partial charge < -0.3 is 9.88 Å². The molecule has 2 heterocycles. The van der Waals surface area contributed by atoms with E-state index in [1.54, 1.807) is 0 Å². The van der Waals surface area contributed by atoms with Crippen LogP contribution in [0.15, 0.2) is 48.5 Å². The second kappa shape index (κ2) is 9.42. The minimum absolute atomic E-state index is 0.0552. The summed E-state index contributed by atoms with van der Waals surface area (Å²) in [6, 6.07) is 15.7. The third kappa shape index (κ3) is 5.00. The van der Waals surface area contributed by atoms with Crippen molar-refractivity contribution in [2.45, 2.75) is 26.3 Å². The molecule has 3 aromatic rings. The Morgan fingerprint density at radius 1 is 1.13 bits per heavy atom. The molecule has 0 bridgehead atoms. The first kappa shape index (κ1) is 21.2. The predicted molar refractivity (Wildman–Crippen MR) is 124 cm³/mol. The molecule has 158 valence electrons. The van der Waals surface area contributed by atoms with Gasteiger partial charge in [-0.3, -0.25) is 9.69 Å². The van der Waals surface area contributed by atoms with Crippen molar-refractivity contribution in [3.05, 3.63) is 69.8 Å². The lowest BCUT2D eigenvalue weighted by atomic mass is 9.96. The van der Waals surface area contributed by atoms with E-state index in [2.05, 4.69) is 22.0 Å². The zero-order chi connectivity index (χ0) is 21.1. The minimum atomic E-state index is 0.0552. The van der Waals surface area contributed by atoms with E-state index in [1.165, 1.54) is 5.56 Å². The van der Waals surface area contributed by atoms with Crippen molar-refractivity contribution in [2.75, 3.05) is 26.2 Å². The van der Waals surface area contributed by atoms with Crippen LogP contribution in [0.3, 0.4) is 0 Å². The summed E-state index contributed by atoms with van der Waals surface area (Å²) in [5.74, 6) is 0.536. The van der Waals surface area contributed by atoms with Gasteiger partial charge in [0.15, 0.2) is 0 Å². The molecule has 30 heavy (non-hydrogen) atoms. The molecule has 1 aliphatic heterocycles. The number of rotatable bonds is 6. The van der Waals surface area contributed by atoms with E-state index in [0.29, 0.717) is 23.2 Å². The van der Waals surface area contributed by atoms with Crippen molar-refractivity contribution in [2.24, 2.45) is 5.92 Å². The highest BCUT2D eigenvalue weighted by atomic mass is 35.5. The Kier molecular flexibility index (Phi) is 6.67. The van der Waals surface area contributed by atoms with Gasteiger partial charge in [0, 0.05) is 47.1 Å². The Morgan fingerprint density at radius 3 is 2.67 bits per heavy atom. The number of H-pyrrole nitrogens is 1. The number of likely N-dealkylation sites (tertiary alicyclic amines) is 1. The molecular formula is C24H27Cl2N3O. The van der Waals surface area contributed by atoms with E-state index in [-0.39, 0.29) is 5.91 Å². The minimum Gasteiger partial charge on any atom is -0.350 e. The number of fused-ring (bicyclic) bond motifs is 1. The lowest BCUT2D eigenvalue weighted by Gasteiger charge is -2.35. The van der Waals surface area contributed by atoms with Crippen LogP contribution < -0.4 is 0 Å². The molecule has 0 aliphatic carbocycles. The quantitative estimate of drug-likeness (QED) is 0.518. The molecule has 1 N–H and O–H groups in total. The predicted octanol–water partition coefficient (Wildman–Crippen LogP) is 5.85. The van der Waals surface area contributed by atoms with Crippen LogP contribution >= 0.6 is 23.2 Å². The van der Waals surface area contributed by atoms with Crippen molar-refractivity contribution < 1.29 is 4.79 Å². The van der Waals surface area contributed by atoms with Crippen LogP contribution in [0.25, 0.3) is 10.9 Å². The van der Waals surface area contributed by atoms with Gasteiger partial charge in [-0.05, 0) is 68.1 Å². The topological polar surface area (TPSA) is 39.3 Å². The molecule has 0 saturated carbocycles. The highest BCUT2D eigenvalue weighted by Gasteiger charge is 2.25.